The number of nitrogens with zero attached hydrogens (tertiary/aromatic N) is 3. The van der Waals surface area contributed by atoms with Crippen LogP contribution in [0.25, 0.3) is 17.2 Å². The number of nitrogens with one attached hydrogen (secondary N) is 1. The molecule has 0 saturated carbocycles. The Hall–Kier alpha value is -3.36. The largest absolute Gasteiger partial charge is 0.329 e. The molecule has 3 rings (SSSR count). The second-order valence-corrected chi connectivity index (χ2v) is 5.35. The molecule has 7 nitrogen and oxygen atoms in total. The van der Waals surface area contributed by atoms with E-state index in [4.69, 9.17) is 0 Å². The van der Waals surface area contributed by atoms with E-state index in [9.17, 15) is 23.2 Å². The van der Waals surface area contributed by atoms with Crippen molar-refractivity contribution in [1.29, 1.82) is 0 Å². The van der Waals surface area contributed by atoms with Gasteiger partial charge in [0.15, 0.2) is 28.6 Å². The number of aryl methyl sites for hydroxylation is 2. The highest BCUT2D eigenvalue weighted by atomic mass is 19.2. The fraction of sp³-hybridized carbons (Fsp3) is 0.125. The van der Waals surface area contributed by atoms with Crippen LogP contribution in [0.15, 0.2) is 33.9 Å². The lowest BCUT2D eigenvalue weighted by Crippen LogP contribution is -2.29. The molecule has 0 amide bonds. The van der Waals surface area contributed by atoms with Gasteiger partial charge in [-0.3, -0.25) is 19.1 Å². The van der Waals surface area contributed by atoms with E-state index in [1.807, 2.05) is 0 Å². The molecule has 128 valence electrons. The van der Waals surface area contributed by atoms with Crippen molar-refractivity contribution in [3.05, 3.63) is 68.1 Å². The second-order valence-electron chi connectivity index (χ2n) is 5.35. The van der Waals surface area contributed by atoms with E-state index in [1.54, 1.807) is 7.05 Å². The van der Waals surface area contributed by atoms with Gasteiger partial charge in [-0.25, -0.2) is 18.6 Å². The van der Waals surface area contributed by atoms with Gasteiger partial charge in [0.2, 0.25) is 0 Å². The summed E-state index contributed by atoms with van der Waals surface area (Å²) in [4.78, 5) is 41.9. The molecule has 0 spiro atoms. The van der Waals surface area contributed by atoms with Gasteiger partial charge in [-0.05, 0) is 30.4 Å². The van der Waals surface area contributed by atoms with Crippen LogP contribution in [0.5, 0.6) is 0 Å². The van der Waals surface area contributed by atoms with Crippen LogP contribution in [0.3, 0.4) is 0 Å². The zero-order chi connectivity index (χ0) is 18.3. The number of halogens is 2. The topological polar surface area (TPSA) is 89.8 Å². The minimum atomic E-state index is -1.12. The van der Waals surface area contributed by atoms with Crippen LogP contribution in [-0.4, -0.2) is 24.9 Å². The normalized spacial score (nSPS) is 11.5. The lowest BCUT2D eigenvalue weighted by atomic mass is 10.1. The number of H-pyrrole nitrogens is 1. The van der Waals surface area contributed by atoms with Crippen LogP contribution in [0.4, 0.5) is 8.78 Å². The van der Waals surface area contributed by atoms with E-state index in [0.29, 0.717) is 0 Å². The summed E-state index contributed by atoms with van der Waals surface area (Å²) in [5.41, 5.74) is -0.902. The monoisotopic (exact) mass is 346 g/mol. The zero-order valence-corrected chi connectivity index (χ0v) is 13.2. The molecule has 1 N–H and O–H groups in total. The Bertz CT molecular complexity index is 1150. The maximum Gasteiger partial charge on any atom is 0.329 e. The van der Waals surface area contributed by atoms with Gasteiger partial charge < -0.3 is 4.57 Å². The fourth-order valence-electron chi connectivity index (χ4n) is 2.37. The average molecular weight is 346 g/mol. The van der Waals surface area contributed by atoms with Crippen molar-refractivity contribution in [2.24, 2.45) is 14.1 Å². The van der Waals surface area contributed by atoms with Crippen molar-refractivity contribution in [2.45, 2.75) is 0 Å². The number of hydrogen-bond donors (Lipinski definition) is 1. The average Bonchev–Trinajstić information content (AvgIpc) is 2.90. The van der Waals surface area contributed by atoms with E-state index < -0.39 is 28.7 Å². The Balaban J connectivity index is 2.03. The van der Waals surface area contributed by atoms with Crippen LogP contribution < -0.4 is 11.2 Å². The number of fused-ring (bicyclic) bond motifs is 1. The van der Waals surface area contributed by atoms with Crippen LogP contribution in [-0.2, 0) is 14.1 Å². The second kappa shape index (κ2) is 5.93. The molecule has 3 aromatic rings. The number of aromatic amines is 1. The fourth-order valence-corrected chi connectivity index (χ4v) is 2.37. The predicted octanol–water partition coefficient (Wildman–Crippen LogP) is 1.13. The molecule has 0 aliphatic rings. The first kappa shape index (κ1) is 16.5. The van der Waals surface area contributed by atoms with Crippen molar-refractivity contribution >= 4 is 23.0 Å². The van der Waals surface area contributed by atoms with Crippen LogP contribution in [0, 0.1) is 11.6 Å². The van der Waals surface area contributed by atoms with E-state index >= 15 is 0 Å². The van der Waals surface area contributed by atoms with Gasteiger partial charge >= 0.3 is 5.69 Å². The number of imidazole rings is 1. The Kier molecular flexibility index (Phi) is 3.91. The summed E-state index contributed by atoms with van der Waals surface area (Å²) in [6, 6.07) is 2.82. The Morgan fingerprint density at radius 3 is 2.56 bits per heavy atom. The molecule has 1 aromatic carbocycles. The van der Waals surface area contributed by atoms with Gasteiger partial charge in [-0.15, -0.1) is 0 Å². The van der Waals surface area contributed by atoms with E-state index in [1.165, 1.54) is 22.3 Å². The summed E-state index contributed by atoms with van der Waals surface area (Å²) in [5.74, 6) is -2.48. The third-order valence-corrected chi connectivity index (χ3v) is 3.76. The molecule has 0 bridgehead atoms. The van der Waals surface area contributed by atoms with Gasteiger partial charge in [0.05, 0.1) is 0 Å². The number of hydrogen-bond acceptors (Lipinski definition) is 4. The lowest BCUT2D eigenvalue weighted by molar-refractivity contribution is 0.104. The number of carbonyl (C=O) groups excluding carboxylic acids is 1. The minimum absolute atomic E-state index is 0.0286. The molecule has 0 aliphatic heterocycles. The first-order chi connectivity index (χ1) is 11.8. The smallest absolute Gasteiger partial charge is 0.322 e. The summed E-state index contributed by atoms with van der Waals surface area (Å²) < 4.78 is 28.7. The van der Waals surface area contributed by atoms with E-state index in [0.717, 1.165) is 24.3 Å². The highest BCUT2D eigenvalue weighted by molar-refractivity contribution is 6.06. The van der Waals surface area contributed by atoms with Crippen molar-refractivity contribution in [3.8, 4) is 0 Å². The molecule has 0 unspecified atom stereocenters. The molecule has 25 heavy (non-hydrogen) atoms. The number of aromatic nitrogens is 4. The van der Waals surface area contributed by atoms with Crippen molar-refractivity contribution in [2.75, 3.05) is 0 Å². The zero-order valence-electron chi connectivity index (χ0n) is 13.2. The third kappa shape index (κ3) is 2.80. The maximum absolute atomic E-state index is 13.2. The quantitative estimate of drug-likeness (QED) is 0.569. The first-order valence-corrected chi connectivity index (χ1v) is 7.13. The van der Waals surface area contributed by atoms with Crippen LogP contribution in [0.2, 0.25) is 0 Å². The van der Waals surface area contributed by atoms with Gasteiger partial charge in [-0.2, -0.15) is 0 Å². The van der Waals surface area contributed by atoms with Crippen LogP contribution in [0.1, 0.15) is 16.2 Å². The SMILES string of the molecule is Cn1c(C=CC(=O)c2ccc(F)c(F)c2)nc2c1c(=O)[nH]c(=O)n2C. The van der Waals surface area contributed by atoms with E-state index in [2.05, 4.69) is 9.97 Å². The number of carbonyl (C=O) groups is 1. The van der Waals surface area contributed by atoms with Gasteiger partial charge in [0.25, 0.3) is 5.56 Å². The molecule has 2 aromatic heterocycles. The molecular weight excluding hydrogens is 334 g/mol. The Labute approximate surface area is 138 Å². The molecule has 0 atom stereocenters. The summed E-state index contributed by atoms with van der Waals surface area (Å²) in [6.07, 6.45) is 2.45. The van der Waals surface area contributed by atoms with Gasteiger partial charge in [0, 0.05) is 19.7 Å². The Morgan fingerprint density at radius 1 is 1.16 bits per heavy atom. The van der Waals surface area contributed by atoms with Crippen molar-refractivity contribution < 1.29 is 13.6 Å². The first-order valence-electron chi connectivity index (χ1n) is 7.13. The summed E-state index contributed by atoms with van der Waals surface area (Å²) in [5, 5.41) is 0. The van der Waals surface area contributed by atoms with Gasteiger partial charge in [-0.1, -0.05) is 0 Å². The number of allylic oxidation sites excluding steroid dienone is 1. The van der Waals surface area contributed by atoms with Gasteiger partial charge in [0.1, 0.15) is 5.82 Å². The van der Waals surface area contributed by atoms with E-state index in [-0.39, 0.29) is 22.6 Å². The number of benzene rings is 1. The van der Waals surface area contributed by atoms with Crippen molar-refractivity contribution in [3.63, 3.8) is 0 Å². The third-order valence-electron chi connectivity index (χ3n) is 3.76. The predicted molar refractivity (Wildman–Crippen MR) is 86.3 cm³/mol. The molecule has 0 aliphatic carbocycles. The maximum atomic E-state index is 13.2. The van der Waals surface area contributed by atoms with Crippen molar-refractivity contribution in [1.82, 2.24) is 19.1 Å². The highest BCUT2D eigenvalue weighted by Gasteiger charge is 2.14. The number of ketones is 1. The molecule has 0 saturated heterocycles. The van der Waals surface area contributed by atoms with Crippen LogP contribution >= 0.6 is 0 Å². The highest BCUT2D eigenvalue weighted by Crippen LogP contribution is 2.12. The summed E-state index contributed by atoms with van der Waals surface area (Å²) >= 11 is 0. The summed E-state index contributed by atoms with van der Waals surface area (Å²) in [6.45, 7) is 0. The standard InChI is InChI=1S/C16H12F2N4O3/c1-21-12(19-14-13(21)15(24)20-16(25)22(14)2)6-5-11(23)8-3-4-9(17)10(18)7-8/h3-7H,1-2H3,(H,20,24,25). The molecule has 2 heterocycles. The molecule has 9 heteroatoms. The Morgan fingerprint density at radius 2 is 1.88 bits per heavy atom. The number of rotatable bonds is 3. The molecule has 0 fully saturated rings. The molecular formula is C16H12F2N4O3. The molecule has 0 radical (unpaired) electrons. The summed E-state index contributed by atoms with van der Waals surface area (Å²) in [7, 11) is 3.00. The lowest BCUT2D eigenvalue weighted by Gasteiger charge is -1.98. The minimum Gasteiger partial charge on any atom is -0.322 e.